The second-order valence-corrected chi connectivity index (χ2v) is 7.28. The maximum Gasteiger partial charge on any atom is 0.435 e. The number of piperidine rings is 1. The van der Waals surface area contributed by atoms with Crippen molar-refractivity contribution < 1.29 is 27.8 Å². The van der Waals surface area contributed by atoms with Gasteiger partial charge in [-0.1, -0.05) is 0 Å². The van der Waals surface area contributed by atoms with Crippen molar-refractivity contribution in [3.63, 3.8) is 0 Å². The Bertz CT molecular complexity index is 604. The van der Waals surface area contributed by atoms with Crippen LogP contribution < -0.4 is 0 Å². The third-order valence-corrected chi connectivity index (χ3v) is 3.87. The molecular weight excluding hydrogens is 339 g/mol. The molecule has 6 nitrogen and oxygen atoms in total. The van der Waals surface area contributed by atoms with Crippen LogP contribution in [0.2, 0.25) is 0 Å². The quantitative estimate of drug-likeness (QED) is 0.877. The van der Waals surface area contributed by atoms with Gasteiger partial charge < -0.3 is 14.7 Å². The number of halogens is 3. The third-order valence-electron chi connectivity index (χ3n) is 3.87. The molecular formula is C16H22F3N3O3. The van der Waals surface area contributed by atoms with E-state index in [-0.39, 0.29) is 25.0 Å². The fourth-order valence-corrected chi connectivity index (χ4v) is 2.55. The van der Waals surface area contributed by atoms with Crippen molar-refractivity contribution in [2.24, 2.45) is 0 Å². The van der Waals surface area contributed by atoms with Crippen LogP contribution in [0.1, 0.15) is 45.0 Å². The Labute approximate surface area is 144 Å². The van der Waals surface area contributed by atoms with Gasteiger partial charge in [0.1, 0.15) is 5.60 Å². The molecule has 1 aliphatic heterocycles. The Balaban J connectivity index is 1.93. The van der Waals surface area contributed by atoms with Crippen LogP contribution in [0.15, 0.2) is 12.1 Å². The van der Waals surface area contributed by atoms with Gasteiger partial charge in [-0.2, -0.15) is 18.3 Å². The standard InChI is InChI=1S/C16H22F3N3O3/c1-14(2,3)25-13(23)22-8-6-15(24,7-9-22)10-11-4-5-12(21-20-11)16(17,18)19/h4-5,24H,6-10H2,1-3H3. The maximum atomic E-state index is 12.5. The number of amides is 1. The van der Waals surface area contributed by atoms with E-state index in [2.05, 4.69) is 10.2 Å². The van der Waals surface area contributed by atoms with E-state index in [0.717, 1.165) is 6.07 Å². The molecule has 140 valence electrons. The van der Waals surface area contributed by atoms with Gasteiger partial charge in [-0.3, -0.25) is 0 Å². The molecule has 1 amide bonds. The summed E-state index contributed by atoms with van der Waals surface area (Å²) in [6.45, 7) is 5.93. The SMILES string of the molecule is CC(C)(C)OC(=O)N1CCC(O)(Cc2ccc(C(F)(F)F)nn2)CC1. The van der Waals surface area contributed by atoms with Crippen molar-refractivity contribution in [3.8, 4) is 0 Å². The smallest absolute Gasteiger partial charge is 0.435 e. The van der Waals surface area contributed by atoms with E-state index in [1.54, 1.807) is 20.8 Å². The van der Waals surface area contributed by atoms with E-state index in [1.807, 2.05) is 0 Å². The number of hydrogen-bond acceptors (Lipinski definition) is 5. The number of carbonyl (C=O) groups is 1. The number of carbonyl (C=O) groups excluding carboxylic acids is 1. The van der Waals surface area contributed by atoms with Gasteiger partial charge >= 0.3 is 12.3 Å². The molecule has 0 saturated carbocycles. The molecule has 0 radical (unpaired) electrons. The van der Waals surface area contributed by atoms with Gasteiger partial charge in [0.25, 0.3) is 0 Å². The molecule has 1 N–H and O–H groups in total. The monoisotopic (exact) mass is 361 g/mol. The lowest BCUT2D eigenvalue weighted by Crippen LogP contribution is -2.49. The molecule has 0 unspecified atom stereocenters. The highest BCUT2D eigenvalue weighted by Gasteiger charge is 2.37. The minimum Gasteiger partial charge on any atom is -0.444 e. The van der Waals surface area contributed by atoms with E-state index in [9.17, 15) is 23.1 Å². The first-order chi connectivity index (χ1) is 11.4. The Morgan fingerprint density at radius 2 is 1.84 bits per heavy atom. The Morgan fingerprint density at radius 3 is 2.28 bits per heavy atom. The average molecular weight is 361 g/mol. The van der Waals surface area contributed by atoms with Crippen LogP contribution in [-0.4, -0.2) is 50.6 Å². The molecule has 0 aliphatic carbocycles. The molecule has 1 fully saturated rings. The second-order valence-electron chi connectivity index (χ2n) is 7.28. The van der Waals surface area contributed by atoms with Crippen molar-refractivity contribution in [1.82, 2.24) is 15.1 Å². The fraction of sp³-hybridized carbons (Fsp3) is 0.688. The Morgan fingerprint density at radius 1 is 1.24 bits per heavy atom. The molecule has 0 atom stereocenters. The average Bonchev–Trinajstić information content (AvgIpc) is 2.45. The van der Waals surface area contributed by atoms with Crippen molar-refractivity contribution in [3.05, 3.63) is 23.5 Å². The first kappa shape index (κ1) is 19.4. The number of alkyl halides is 3. The summed E-state index contributed by atoms with van der Waals surface area (Å²) in [5, 5.41) is 17.3. The highest BCUT2D eigenvalue weighted by molar-refractivity contribution is 5.68. The molecule has 1 aromatic heterocycles. The van der Waals surface area contributed by atoms with E-state index < -0.39 is 29.2 Å². The molecule has 9 heteroatoms. The predicted octanol–water partition coefficient (Wildman–Crippen LogP) is 2.80. The van der Waals surface area contributed by atoms with Crippen LogP contribution >= 0.6 is 0 Å². The highest BCUT2D eigenvalue weighted by atomic mass is 19.4. The second kappa shape index (κ2) is 6.78. The van der Waals surface area contributed by atoms with Gasteiger partial charge in [0.15, 0.2) is 5.69 Å². The third kappa shape index (κ3) is 5.55. The van der Waals surface area contributed by atoms with E-state index in [1.165, 1.54) is 11.0 Å². The van der Waals surface area contributed by atoms with Crippen LogP contribution in [0, 0.1) is 0 Å². The van der Waals surface area contributed by atoms with E-state index >= 15 is 0 Å². The molecule has 2 rings (SSSR count). The predicted molar refractivity (Wildman–Crippen MR) is 82.7 cm³/mol. The number of aliphatic hydroxyl groups is 1. The summed E-state index contributed by atoms with van der Waals surface area (Å²) in [7, 11) is 0. The van der Waals surface area contributed by atoms with Gasteiger partial charge in [-0.15, -0.1) is 5.10 Å². The van der Waals surface area contributed by atoms with Crippen molar-refractivity contribution in [1.29, 1.82) is 0 Å². The van der Waals surface area contributed by atoms with Gasteiger partial charge in [0, 0.05) is 19.5 Å². The number of ether oxygens (including phenoxy) is 1. The van der Waals surface area contributed by atoms with Crippen LogP contribution in [0.25, 0.3) is 0 Å². The van der Waals surface area contributed by atoms with E-state index in [0.29, 0.717) is 13.1 Å². The normalized spacial score (nSPS) is 18.1. The maximum absolute atomic E-state index is 12.5. The lowest BCUT2D eigenvalue weighted by molar-refractivity contribution is -0.141. The largest absolute Gasteiger partial charge is 0.444 e. The zero-order chi connectivity index (χ0) is 18.9. The topological polar surface area (TPSA) is 75.5 Å². The summed E-state index contributed by atoms with van der Waals surface area (Å²) in [5.74, 6) is 0. The van der Waals surface area contributed by atoms with Crippen LogP contribution in [-0.2, 0) is 17.3 Å². The summed E-state index contributed by atoms with van der Waals surface area (Å²) in [4.78, 5) is 13.5. The Hall–Kier alpha value is -1.90. The van der Waals surface area contributed by atoms with Gasteiger partial charge in [0.2, 0.25) is 0 Å². The van der Waals surface area contributed by atoms with Crippen LogP contribution in [0.4, 0.5) is 18.0 Å². The number of hydrogen-bond donors (Lipinski definition) is 1. The molecule has 0 aromatic carbocycles. The van der Waals surface area contributed by atoms with Crippen molar-refractivity contribution >= 4 is 6.09 Å². The number of nitrogens with zero attached hydrogens (tertiary/aromatic N) is 3. The van der Waals surface area contributed by atoms with Crippen molar-refractivity contribution in [2.45, 2.75) is 57.4 Å². The molecule has 2 heterocycles. The van der Waals surface area contributed by atoms with E-state index in [4.69, 9.17) is 4.74 Å². The lowest BCUT2D eigenvalue weighted by atomic mass is 9.87. The number of aromatic nitrogens is 2. The minimum absolute atomic E-state index is 0.0836. The molecule has 1 saturated heterocycles. The summed E-state index contributed by atoms with van der Waals surface area (Å²) in [6.07, 6.45) is -4.32. The van der Waals surface area contributed by atoms with Crippen LogP contribution in [0.3, 0.4) is 0 Å². The summed E-state index contributed by atoms with van der Waals surface area (Å²) in [6, 6.07) is 2.07. The molecule has 0 spiro atoms. The molecule has 25 heavy (non-hydrogen) atoms. The number of rotatable bonds is 2. The zero-order valence-corrected chi connectivity index (χ0v) is 14.4. The highest BCUT2D eigenvalue weighted by Crippen LogP contribution is 2.29. The van der Waals surface area contributed by atoms with Crippen LogP contribution in [0.5, 0.6) is 0 Å². The Kier molecular flexibility index (Phi) is 5.27. The zero-order valence-electron chi connectivity index (χ0n) is 14.4. The molecule has 1 aliphatic rings. The first-order valence-corrected chi connectivity index (χ1v) is 7.98. The fourth-order valence-electron chi connectivity index (χ4n) is 2.55. The summed E-state index contributed by atoms with van der Waals surface area (Å²) < 4.78 is 42.8. The molecule has 1 aromatic rings. The van der Waals surface area contributed by atoms with Crippen molar-refractivity contribution in [2.75, 3.05) is 13.1 Å². The summed E-state index contributed by atoms with van der Waals surface area (Å²) in [5.41, 5.74) is -2.52. The van der Waals surface area contributed by atoms with Gasteiger partial charge in [-0.05, 0) is 45.7 Å². The minimum atomic E-state index is -4.54. The first-order valence-electron chi connectivity index (χ1n) is 7.98. The van der Waals surface area contributed by atoms with Gasteiger partial charge in [0.05, 0.1) is 11.3 Å². The molecule has 0 bridgehead atoms. The number of likely N-dealkylation sites (tertiary alicyclic amines) is 1. The van der Waals surface area contributed by atoms with Gasteiger partial charge in [-0.25, -0.2) is 4.79 Å². The lowest BCUT2D eigenvalue weighted by Gasteiger charge is -2.38. The summed E-state index contributed by atoms with van der Waals surface area (Å²) >= 11 is 0.